The zero-order valence-electron chi connectivity index (χ0n) is 17.0. The highest BCUT2D eigenvalue weighted by Crippen LogP contribution is 2.35. The topological polar surface area (TPSA) is 68.3 Å². The van der Waals surface area contributed by atoms with Gasteiger partial charge in [0.2, 0.25) is 5.91 Å². The number of ether oxygens (including phenoxy) is 3. The summed E-state index contributed by atoms with van der Waals surface area (Å²) < 4.78 is 16.3. The quantitative estimate of drug-likeness (QED) is 0.656. The van der Waals surface area contributed by atoms with Crippen LogP contribution in [-0.4, -0.2) is 56.2 Å². The summed E-state index contributed by atoms with van der Waals surface area (Å²) >= 11 is 1.61. The van der Waals surface area contributed by atoms with Crippen molar-refractivity contribution in [3.8, 4) is 11.5 Å². The van der Waals surface area contributed by atoms with Crippen molar-refractivity contribution in [1.29, 1.82) is 0 Å². The van der Waals surface area contributed by atoms with Crippen LogP contribution in [0.5, 0.6) is 11.5 Å². The number of rotatable bonds is 6. The molecule has 1 amide bonds. The number of amides is 1. The summed E-state index contributed by atoms with van der Waals surface area (Å²) in [5, 5.41) is 2.00. The molecule has 0 aliphatic carbocycles. The summed E-state index contributed by atoms with van der Waals surface area (Å²) in [7, 11) is 1.40. The Balaban J connectivity index is 1.57. The minimum atomic E-state index is -0.364. The summed E-state index contributed by atoms with van der Waals surface area (Å²) in [6.45, 7) is 2.35. The van der Waals surface area contributed by atoms with E-state index in [9.17, 15) is 9.59 Å². The summed E-state index contributed by atoms with van der Waals surface area (Å²) in [6.07, 6.45) is 2.65. The minimum absolute atomic E-state index is 0.0594. The number of carbonyl (C=O) groups is 2. The van der Waals surface area contributed by atoms with Crippen LogP contribution in [0.2, 0.25) is 0 Å². The monoisotopic (exact) mass is 430 g/mol. The second-order valence-electron chi connectivity index (χ2n) is 7.39. The van der Waals surface area contributed by atoms with Gasteiger partial charge in [0.15, 0.2) is 11.5 Å². The number of thiophene rings is 1. The number of anilines is 1. The van der Waals surface area contributed by atoms with Crippen LogP contribution in [-0.2, 0) is 20.9 Å². The second-order valence-corrected chi connectivity index (χ2v) is 8.42. The number of hydrogen-bond donors (Lipinski definition) is 0. The predicted octanol–water partition coefficient (Wildman–Crippen LogP) is 3.08. The maximum atomic E-state index is 13.4. The zero-order valence-corrected chi connectivity index (χ0v) is 17.9. The van der Waals surface area contributed by atoms with Crippen LogP contribution in [0, 0.1) is 0 Å². The van der Waals surface area contributed by atoms with Gasteiger partial charge in [-0.25, -0.2) is 0 Å². The molecule has 4 rings (SSSR count). The first kappa shape index (κ1) is 20.7. The Morgan fingerprint density at radius 1 is 1.20 bits per heavy atom. The molecule has 0 N–H and O–H groups in total. The van der Waals surface area contributed by atoms with Gasteiger partial charge in [-0.15, -0.1) is 11.3 Å². The molecule has 160 valence electrons. The van der Waals surface area contributed by atoms with Crippen molar-refractivity contribution < 1.29 is 23.8 Å². The van der Waals surface area contributed by atoms with Gasteiger partial charge >= 0.3 is 5.97 Å². The molecule has 1 atom stereocenters. The maximum absolute atomic E-state index is 13.4. The fourth-order valence-electron chi connectivity index (χ4n) is 3.92. The molecule has 2 aromatic rings. The largest absolute Gasteiger partial charge is 0.486 e. The number of benzene rings is 1. The van der Waals surface area contributed by atoms with E-state index >= 15 is 0 Å². The molecule has 7 nitrogen and oxygen atoms in total. The Morgan fingerprint density at radius 3 is 2.80 bits per heavy atom. The van der Waals surface area contributed by atoms with Crippen molar-refractivity contribution in [2.24, 2.45) is 0 Å². The van der Waals surface area contributed by atoms with Crippen molar-refractivity contribution in [3.05, 3.63) is 40.6 Å². The summed E-state index contributed by atoms with van der Waals surface area (Å²) in [4.78, 5) is 30.4. The molecular weight excluding hydrogens is 404 g/mol. The molecule has 1 aromatic heterocycles. The van der Waals surface area contributed by atoms with Crippen LogP contribution >= 0.6 is 11.3 Å². The van der Waals surface area contributed by atoms with Gasteiger partial charge in [-0.05, 0) is 43.0 Å². The van der Waals surface area contributed by atoms with Gasteiger partial charge in [0, 0.05) is 16.6 Å². The van der Waals surface area contributed by atoms with E-state index in [0.29, 0.717) is 37.8 Å². The van der Waals surface area contributed by atoms with Crippen molar-refractivity contribution >= 4 is 28.9 Å². The van der Waals surface area contributed by atoms with E-state index in [0.717, 1.165) is 29.8 Å². The summed E-state index contributed by atoms with van der Waals surface area (Å²) in [5.41, 5.74) is 0.754. The van der Waals surface area contributed by atoms with Crippen LogP contribution in [0.1, 0.15) is 24.1 Å². The molecule has 0 radical (unpaired) electrons. The Morgan fingerprint density at radius 2 is 2.03 bits per heavy atom. The number of methoxy groups -OCH3 is 1. The van der Waals surface area contributed by atoms with E-state index in [2.05, 4.69) is 0 Å². The normalized spacial score (nSPS) is 18.6. The molecule has 0 spiro atoms. The third kappa shape index (κ3) is 4.60. The van der Waals surface area contributed by atoms with E-state index in [1.165, 1.54) is 7.11 Å². The van der Waals surface area contributed by atoms with Gasteiger partial charge in [-0.3, -0.25) is 14.5 Å². The van der Waals surface area contributed by atoms with Crippen molar-refractivity contribution in [2.75, 3.05) is 38.3 Å². The Kier molecular flexibility index (Phi) is 6.54. The van der Waals surface area contributed by atoms with Crippen LogP contribution in [0.15, 0.2) is 35.7 Å². The zero-order chi connectivity index (χ0) is 20.9. The second kappa shape index (κ2) is 9.49. The molecule has 1 saturated heterocycles. The number of carbonyl (C=O) groups excluding carboxylic acids is 2. The van der Waals surface area contributed by atoms with Crippen molar-refractivity contribution in [1.82, 2.24) is 4.90 Å². The molecule has 0 bridgehead atoms. The Labute approximate surface area is 180 Å². The van der Waals surface area contributed by atoms with Crippen LogP contribution in [0.4, 0.5) is 5.69 Å². The minimum Gasteiger partial charge on any atom is -0.486 e. The van der Waals surface area contributed by atoms with Crippen LogP contribution in [0.25, 0.3) is 0 Å². The predicted molar refractivity (Wildman–Crippen MR) is 114 cm³/mol. The molecule has 1 fully saturated rings. The fraction of sp³-hybridized carbons (Fsp3) is 0.455. The number of esters is 1. The molecular formula is C22H26N2O5S. The highest BCUT2D eigenvalue weighted by atomic mass is 32.1. The molecule has 0 unspecified atom stereocenters. The van der Waals surface area contributed by atoms with Gasteiger partial charge in [0.1, 0.15) is 19.3 Å². The number of hydrogen-bond acceptors (Lipinski definition) is 7. The van der Waals surface area contributed by atoms with E-state index in [1.54, 1.807) is 16.2 Å². The van der Waals surface area contributed by atoms with Gasteiger partial charge in [-0.2, -0.15) is 0 Å². The van der Waals surface area contributed by atoms with Crippen molar-refractivity contribution in [2.45, 2.75) is 31.8 Å². The average molecular weight is 431 g/mol. The van der Waals surface area contributed by atoms with E-state index in [4.69, 9.17) is 14.2 Å². The first-order valence-electron chi connectivity index (χ1n) is 10.2. The van der Waals surface area contributed by atoms with Gasteiger partial charge in [0.05, 0.1) is 20.2 Å². The lowest BCUT2D eigenvalue weighted by Gasteiger charge is -2.35. The SMILES string of the molecule is COC(=O)[C@@H]1CCCCN1CC(=O)N(Cc1cccs1)c1ccc2c(c1)OCCO2. The lowest BCUT2D eigenvalue weighted by Crippen LogP contribution is -2.50. The molecule has 2 aliphatic heterocycles. The van der Waals surface area contributed by atoms with Crippen LogP contribution < -0.4 is 14.4 Å². The standard InChI is InChI=1S/C22H26N2O5S/c1-27-22(26)18-6-2-3-9-23(18)15-21(25)24(14-17-5-4-12-30-17)16-7-8-19-20(13-16)29-11-10-28-19/h4-5,7-8,12-13,18H,2-3,6,9-11,14-15H2,1H3/t18-/m0/s1. The lowest BCUT2D eigenvalue weighted by molar-refractivity contribution is -0.148. The third-order valence-corrected chi connectivity index (χ3v) is 6.32. The first-order chi connectivity index (χ1) is 14.7. The van der Waals surface area contributed by atoms with E-state index < -0.39 is 0 Å². The molecule has 0 saturated carbocycles. The summed E-state index contributed by atoms with van der Waals surface area (Å²) in [5.74, 6) is 1.01. The molecule has 8 heteroatoms. The number of likely N-dealkylation sites (tertiary alicyclic amines) is 1. The lowest BCUT2D eigenvalue weighted by atomic mass is 10.0. The fourth-order valence-corrected chi connectivity index (χ4v) is 4.62. The van der Waals surface area contributed by atoms with E-state index in [-0.39, 0.29) is 24.5 Å². The molecule has 30 heavy (non-hydrogen) atoms. The van der Waals surface area contributed by atoms with Gasteiger partial charge in [0.25, 0.3) is 0 Å². The van der Waals surface area contributed by atoms with Gasteiger partial charge < -0.3 is 19.1 Å². The smallest absolute Gasteiger partial charge is 0.323 e. The average Bonchev–Trinajstić information content (AvgIpc) is 3.30. The highest BCUT2D eigenvalue weighted by molar-refractivity contribution is 7.09. The van der Waals surface area contributed by atoms with Crippen LogP contribution in [0.3, 0.4) is 0 Å². The van der Waals surface area contributed by atoms with E-state index in [1.807, 2.05) is 40.6 Å². The Hall–Kier alpha value is -2.58. The number of piperidine rings is 1. The third-order valence-electron chi connectivity index (χ3n) is 5.46. The first-order valence-corrected chi connectivity index (χ1v) is 11.1. The number of nitrogens with zero attached hydrogens (tertiary/aromatic N) is 2. The summed E-state index contributed by atoms with van der Waals surface area (Å²) in [6, 6.07) is 9.21. The molecule has 3 heterocycles. The highest BCUT2D eigenvalue weighted by Gasteiger charge is 2.32. The molecule has 1 aromatic carbocycles. The Bertz CT molecular complexity index is 886. The number of fused-ring (bicyclic) bond motifs is 1. The van der Waals surface area contributed by atoms with Gasteiger partial charge in [-0.1, -0.05) is 12.5 Å². The van der Waals surface area contributed by atoms with Crippen molar-refractivity contribution in [3.63, 3.8) is 0 Å². The maximum Gasteiger partial charge on any atom is 0.323 e. The molecule has 2 aliphatic rings.